The molecule has 9 heteroatoms. The van der Waals surface area contributed by atoms with Crippen molar-refractivity contribution in [3.63, 3.8) is 0 Å². The van der Waals surface area contributed by atoms with Gasteiger partial charge in [-0.25, -0.2) is 24.9 Å². The second kappa shape index (κ2) is 13.3. The van der Waals surface area contributed by atoms with E-state index in [9.17, 15) is 0 Å². The topological polar surface area (TPSA) is 87.7 Å². The SMILES string of the molecule is C1=CN=C(c2cccc(-c3ccc4c(c3)c3ccncc3n4-c3cccc(N4C5=C=C(C=C(c6ncncn6)C=N5)c5ccccc54)c3)c2)N(c2ccccc2)C=1. The van der Waals surface area contributed by atoms with E-state index < -0.39 is 0 Å². The lowest BCUT2D eigenvalue weighted by Gasteiger charge is -2.29. The van der Waals surface area contributed by atoms with E-state index in [2.05, 4.69) is 149 Å². The van der Waals surface area contributed by atoms with Crippen LogP contribution in [0.25, 0.3) is 49.8 Å². The lowest BCUT2D eigenvalue weighted by molar-refractivity contribution is 1.02. The van der Waals surface area contributed by atoms with Gasteiger partial charge in [0.15, 0.2) is 11.6 Å². The standard InChI is InChI=1S/C48H29N9/c1-2-11-37(12-3-1)55-22-8-20-51-48(55)34-10-6-9-32(23-34)33-17-18-44-42(25-33)41-19-21-49-29-45(41)56(44)38-13-7-14-39(27-38)57-43-16-5-4-15-40(43)35-24-36(28-52-46(57)26-35)47-53-30-50-31-54-47/h1-7,9-25,27-31H. The maximum absolute atomic E-state index is 4.93. The first kappa shape index (κ1) is 32.2. The zero-order valence-electron chi connectivity index (χ0n) is 30.3. The van der Waals surface area contributed by atoms with Crippen molar-refractivity contribution >= 4 is 62.1 Å². The largest absolute Gasteiger partial charge is 0.308 e. The molecule has 266 valence electrons. The summed E-state index contributed by atoms with van der Waals surface area (Å²) in [6.45, 7) is 0. The number of hydrogen-bond donors (Lipinski definition) is 0. The Kier molecular flexibility index (Phi) is 7.50. The van der Waals surface area contributed by atoms with E-state index in [0.29, 0.717) is 11.6 Å². The Hall–Kier alpha value is -8.22. The minimum Gasteiger partial charge on any atom is -0.308 e. The van der Waals surface area contributed by atoms with E-state index in [1.54, 1.807) is 12.4 Å². The van der Waals surface area contributed by atoms with Crippen LogP contribution in [0.3, 0.4) is 0 Å². The van der Waals surface area contributed by atoms with Crippen LogP contribution < -0.4 is 9.80 Å². The van der Waals surface area contributed by atoms with Crippen LogP contribution in [0.5, 0.6) is 0 Å². The number of benzene rings is 5. The minimum atomic E-state index is 0.557. The van der Waals surface area contributed by atoms with Crippen LogP contribution in [0.4, 0.5) is 17.1 Å². The number of aromatic nitrogens is 5. The third-order valence-corrected chi connectivity index (χ3v) is 10.4. The first-order chi connectivity index (χ1) is 28.3. The van der Waals surface area contributed by atoms with Crippen molar-refractivity contribution in [3.05, 3.63) is 205 Å². The summed E-state index contributed by atoms with van der Waals surface area (Å²) in [6, 6.07) is 44.4. The quantitative estimate of drug-likeness (QED) is 0.158. The molecule has 5 aromatic carbocycles. The summed E-state index contributed by atoms with van der Waals surface area (Å²) in [4.78, 5) is 31.2. The van der Waals surface area contributed by atoms with E-state index in [4.69, 9.17) is 9.98 Å². The summed E-state index contributed by atoms with van der Waals surface area (Å²) in [5.41, 5.74) is 18.8. The predicted molar refractivity (Wildman–Crippen MR) is 227 cm³/mol. The molecule has 0 saturated carbocycles. The number of nitrogens with zero attached hydrogens (tertiary/aromatic N) is 9. The molecule has 8 aromatic rings. The molecule has 0 amide bonds. The Balaban J connectivity index is 0.994. The average molecular weight is 732 g/mol. The normalized spacial score (nSPS) is 14.2. The summed E-state index contributed by atoms with van der Waals surface area (Å²) in [5.74, 6) is 2.08. The fourth-order valence-electron chi connectivity index (χ4n) is 7.82. The molecule has 0 aliphatic carbocycles. The lowest BCUT2D eigenvalue weighted by atomic mass is 9.98. The van der Waals surface area contributed by atoms with E-state index in [0.717, 1.165) is 83.8 Å². The number of anilines is 3. The van der Waals surface area contributed by atoms with E-state index in [1.807, 2.05) is 48.9 Å². The maximum Gasteiger partial charge on any atom is 0.183 e. The van der Waals surface area contributed by atoms with Gasteiger partial charge in [-0.3, -0.25) is 14.8 Å². The Morgan fingerprint density at radius 3 is 2.35 bits per heavy atom. The number of hydrogen-bond acceptors (Lipinski definition) is 8. The second-order valence-corrected chi connectivity index (χ2v) is 13.7. The van der Waals surface area contributed by atoms with Gasteiger partial charge in [0.2, 0.25) is 0 Å². The minimum absolute atomic E-state index is 0.557. The van der Waals surface area contributed by atoms with Crippen molar-refractivity contribution in [2.45, 2.75) is 0 Å². The van der Waals surface area contributed by atoms with Crippen LogP contribution >= 0.6 is 0 Å². The van der Waals surface area contributed by atoms with Gasteiger partial charge in [-0.05, 0) is 77.9 Å². The van der Waals surface area contributed by atoms with Crippen molar-refractivity contribution in [2.24, 2.45) is 9.98 Å². The third kappa shape index (κ3) is 5.51. The van der Waals surface area contributed by atoms with Gasteiger partial charge in [0.1, 0.15) is 18.5 Å². The van der Waals surface area contributed by atoms with Crippen molar-refractivity contribution in [1.82, 2.24) is 24.5 Å². The number of fused-ring (bicyclic) bond motifs is 5. The van der Waals surface area contributed by atoms with Gasteiger partial charge in [0.05, 0.1) is 41.0 Å². The number of rotatable bonds is 6. The summed E-state index contributed by atoms with van der Waals surface area (Å²) in [5, 5.41) is 2.26. The Labute approximate surface area is 327 Å². The van der Waals surface area contributed by atoms with Crippen LogP contribution in [-0.2, 0) is 0 Å². The molecule has 0 radical (unpaired) electrons. The maximum atomic E-state index is 4.93. The van der Waals surface area contributed by atoms with Crippen molar-refractivity contribution in [3.8, 4) is 16.8 Å². The first-order valence-electron chi connectivity index (χ1n) is 18.5. The van der Waals surface area contributed by atoms with E-state index in [-0.39, 0.29) is 0 Å². The molecule has 0 unspecified atom stereocenters. The molecule has 2 bridgehead atoms. The molecule has 3 aliphatic rings. The molecular formula is C48H29N9. The molecule has 3 aromatic heterocycles. The summed E-state index contributed by atoms with van der Waals surface area (Å²) in [6.07, 6.45) is 14.3. The van der Waals surface area contributed by atoms with Gasteiger partial charge in [-0.1, -0.05) is 78.2 Å². The van der Waals surface area contributed by atoms with Gasteiger partial charge in [0.25, 0.3) is 0 Å². The highest BCUT2D eigenvalue weighted by atomic mass is 15.2. The zero-order chi connectivity index (χ0) is 37.7. The van der Waals surface area contributed by atoms with Crippen LogP contribution in [0.15, 0.2) is 198 Å². The zero-order valence-corrected chi connectivity index (χ0v) is 30.3. The highest BCUT2D eigenvalue weighted by Crippen LogP contribution is 2.42. The Morgan fingerprint density at radius 1 is 0.614 bits per heavy atom. The number of amidine groups is 1. The number of pyridine rings is 1. The molecule has 0 saturated heterocycles. The van der Waals surface area contributed by atoms with Gasteiger partial charge in [0, 0.05) is 56.8 Å². The molecule has 0 spiro atoms. The monoisotopic (exact) mass is 731 g/mol. The van der Waals surface area contributed by atoms with E-state index >= 15 is 0 Å². The Morgan fingerprint density at radius 2 is 1.42 bits per heavy atom. The fraction of sp³-hybridized carbons (Fsp3) is 0. The molecule has 57 heavy (non-hydrogen) atoms. The van der Waals surface area contributed by atoms with Crippen LogP contribution in [0.1, 0.15) is 17.0 Å². The van der Waals surface area contributed by atoms with Gasteiger partial charge in [-0.2, -0.15) is 0 Å². The molecule has 3 aliphatic heterocycles. The number of aliphatic imine (C=N–C) groups is 2. The van der Waals surface area contributed by atoms with Crippen molar-refractivity contribution in [2.75, 3.05) is 9.80 Å². The van der Waals surface area contributed by atoms with Gasteiger partial charge < -0.3 is 4.57 Å². The molecule has 0 fully saturated rings. The van der Waals surface area contributed by atoms with Crippen LogP contribution in [0, 0.1) is 0 Å². The van der Waals surface area contributed by atoms with Crippen molar-refractivity contribution in [1.29, 1.82) is 0 Å². The van der Waals surface area contributed by atoms with Crippen LogP contribution in [0.2, 0.25) is 0 Å². The lowest BCUT2D eigenvalue weighted by Crippen LogP contribution is -2.27. The summed E-state index contributed by atoms with van der Waals surface area (Å²) >= 11 is 0. The Bertz CT molecular complexity index is 3160. The molecular weight excluding hydrogens is 703 g/mol. The van der Waals surface area contributed by atoms with Gasteiger partial charge >= 0.3 is 0 Å². The first-order valence-corrected chi connectivity index (χ1v) is 18.5. The number of allylic oxidation sites excluding steroid dienone is 3. The molecule has 0 N–H and O–H groups in total. The molecule has 9 nitrogen and oxygen atoms in total. The fourth-order valence-corrected chi connectivity index (χ4v) is 7.82. The van der Waals surface area contributed by atoms with E-state index in [1.165, 1.54) is 12.7 Å². The smallest absolute Gasteiger partial charge is 0.183 e. The molecule has 6 heterocycles. The number of para-hydroxylation sites is 2. The summed E-state index contributed by atoms with van der Waals surface area (Å²) in [7, 11) is 0. The van der Waals surface area contributed by atoms with Gasteiger partial charge in [-0.15, -0.1) is 0 Å². The van der Waals surface area contributed by atoms with Crippen LogP contribution in [-0.4, -0.2) is 36.6 Å². The average Bonchev–Trinajstić information content (AvgIpc) is 3.49. The predicted octanol–water partition coefficient (Wildman–Crippen LogP) is 10.1. The van der Waals surface area contributed by atoms with Crippen molar-refractivity contribution < 1.29 is 0 Å². The second-order valence-electron chi connectivity index (χ2n) is 13.7. The molecule has 11 rings (SSSR count). The highest BCUT2D eigenvalue weighted by molar-refractivity contribution is 6.15. The third-order valence-electron chi connectivity index (χ3n) is 10.4. The molecule has 0 atom stereocenters. The summed E-state index contributed by atoms with van der Waals surface area (Å²) < 4.78 is 2.29. The highest BCUT2D eigenvalue weighted by Gasteiger charge is 2.26.